The molecule has 0 atom stereocenters. The van der Waals surface area contributed by atoms with E-state index < -0.39 is 10.0 Å². The molecule has 1 saturated carbocycles. The summed E-state index contributed by atoms with van der Waals surface area (Å²) in [5.41, 5.74) is 3.38. The second-order valence-electron chi connectivity index (χ2n) is 6.08. The van der Waals surface area contributed by atoms with Crippen molar-refractivity contribution >= 4 is 21.2 Å². The number of ether oxygens (including phenoxy) is 1. The van der Waals surface area contributed by atoms with Gasteiger partial charge in [0, 0.05) is 18.0 Å². The van der Waals surface area contributed by atoms with Gasteiger partial charge in [-0.3, -0.25) is 4.72 Å². The molecule has 1 aliphatic carbocycles. The number of rotatable bonds is 5. The molecule has 0 aromatic carbocycles. The van der Waals surface area contributed by atoms with Gasteiger partial charge in [0.05, 0.1) is 29.6 Å². The second kappa shape index (κ2) is 6.04. The van der Waals surface area contributed by atoms with Crippen molar-refractivity contribution in [3.8, 4) is 29.4 Å². The van der Waals surface area contributed by atoms with Crippen LogP contribution in [0.2, 0.25) is 0 Å². The van der Waals surface area contributed by atoms with Gasteiger partial charge in [0.2, 0.25) is 15.9 Å². The maximum atomic E-state index is 12.3. The van der Waals surface area contributed by atoms with Crippen molar-refractivity contribution in [3.05, 3.63) is 42.4 Å². The van der Waals surface area contributed by atoms with E-state index >= 15 is 0 Å². The predicted octanol–water partition coefficient (Wildman–Crippen LogP) is 2.29. The topological polar surface area (TPSA) is 85.6 Å². The lowest BCUT2D eigenvalue weighted by Crippen LogP contribution is -2.18. The van der Waals surface area contributed by atoms with E-state index in [-0.39, 0.29) is 11.1 Å². The van der Waals surface area contributed by atoms with Gasteiger partial charge in [0.15, 0.2) is 0 Å². The Hall–Kier alpha value is -3.05. The highest BCUT2D eigenvalue weighted by molar-refractivity contribution is 7.93. The Morgan fingerprint density at radius 1 is 1.31 bits per heavy atom. The maximum Gasteiger partial charge on any atom is 0.238 e. The number of terminal acetylenes is 1. The monoisotopic (exact) mass is 368 g/mol. The maximum absolute atomic E-state index is 12.3. The van der Waals surface area contributed by atoms with Gasteiger partial charge in [-0.05, 0) is 36.6 Å². The molecule has 0 aliphatic heterocycles. The Bertz CT molecular complexity index is 1140. The minimum Gasteiger partial charge on any atom is -0.480 e. The number of hydrogen-bond donors (Lipinski definition) is 1. The zero-order valence-corrected chi connectivity index (χ0v) is 14.8. The van der Waals surface area contributed by atoms with Gasteiger partial charge >= 0.3 is 0 Å². The first kappa shape index (κ1) is 16.4. The van der Waals surface area contributed by atoms with Crippen LogP contribution in [0.4, 0.5) is 5.69 Å². The van der Waals surface area contributed by atoms with Crippen molar-refractivity contribution < 1.29 is 13.2 Å². The van der Waals surface area contributed by atoms with Crippen molar-refractivity contribution in [2.45, 2.75) is 18.1 Å². The Balaban J connectivity index is 1.77. The third kappa shape index (κ3) is 2.86. The van der Waals surface area contributed by atoms with E-state index in [1.807, 2.05) is 12.1 Å². The Labute approximate surface area is 151 Å². The lowest BCUT2D eigenvalue weighted by molar-refractivity contribution is 0.400. The zero-order chi connectivity index (χ0) is 18.3. The molecule has 8 heteroatoms. The summed E-state index contributed by atoms with van der Waals surface area (Å²) in [7, 11) is -1.97. The SMILES string of the molecule is C#Cc1cnn2ccc(-c3cnc(OC)c(NS(=O)(=O)C4CC4)c3)cc12. The van der Waals surface area contributed by atoms with Crippen LogP contribution in [-0.4, -0.2) is 35.4 Å². The number of pyridine rings is 2. The van der Waals surface area contributed by atoms with Crippen molar-refractivity contribution in [2.24, 2.45) is 0 Å². The normalized spacial score (nSPS) is 14.2. The lowest BCUT2D eigenvalue weighted by atomic mass is 10.1. The molecule has 7 nitrogen and oxygen atoms in total. The van der Waals surface area contributed by atoms with Gasteiger partial charge in [-0.2, -0.15) is 5.10 Å². The summed E-state index contributed by atoms with van der Waals surface area (Å²) in [4.78, 5) is 4.24. The van der Waals surface area contributed by atoms with Crippen LogP contribution in [0.15, 0.2) is 36.8 Å². The van der Waals surface area contributed by atoms with Gasteiger partial charge < -0.3 is 4.74 Å². The number of nitrogens with one attached hydrogen (secondary N) is 1. The third-order valence-electron chi connectivity index (χ3n) is 4.27. The number of hydrogen-bond acceptors (Lipinski definition) is 5. The van der Waals surface area contributed by atoms with Crippen LogP contribution < -0.4 is 9.46 Å². The number of methoxy groups -OCH3 is 1. The first-order valence-corrected chi connectivity index (χ1v) is 9.56. The molecule has 0 spiro atoms. The number of sulfonamides is 1. The molecular formula is C18H16N4O3S. The van der Waals surface area contributed by atoms with Crippen LogP contribution in [-0.2, 0) is 10.0 Å². The zero-order valence-electron chi connectivity index (χ0n) is 14.0. The molecule has 3 heterocycles. The number of fused-ring (bicyclic) bond motifs is 1. The van der Waals surface area contributed by atoms with E-state index in [0.717, 1.165) is 16.6 Å². The van der Waals surface area contributed by atoms with Crippen LogP contribution in [0, 0.1) is 12.3 Å². The van der Waals surface area contributed by atoms with Crippen LogP contribution in [0.25, 0.3) is 16.6 Å². The molecule has 26 heavy (non-hydrogen) atoms. The number of anilines is 1. The summed E-state index contributed by atoms with van der Waals surface area (Å²) in [6.45, 7) is 0. The van der Waals surface area contributed by atoms with E-state index in [1.165, 1.54) is 7.11 Å². The Morgan fingerprint density at radius 3 is 2.81 bits per heavy atom. The average Bonchev–Trinajstić information content (AvgIpc) is 3.42. The summed E-state index contributed by atoms with van der Waals surface area (Å²) in [6, 6.07) is 5.47. The average molecular weight is 368 g/mol. The molecule has 4 rings (SSSR count). The number of nitrogens with zero attached hydrogens (tertiary/aromatic N) is 3. The fourth-order valence-corrected chi connectivity index (χ4v) is 4.11. The van der Waals surface area contributed by atoms with E-state index in [2.05, 4.69) is 20.7 Å². The molecule has 3 aromatic heterocycles. The van der Waals surface area contributed by atoms with Gasteiger partial charge in [-0.25, -0.2) is 17.9 Å². The van der Waals surface area contributed by atoms with Crippen molar-refractivity contribution in [1.29, 1.82) is 0 Å². The van der Waals surface area contributed by atoms with Crippen LogP contribution >= 0.6 is 0 Å². The van der Waals surface area contributed by atoms with E-state index in [0.29, 0.717) is 24.1 Å². The third-order valence-corrected chi connectivity index (χ3v) is 6.12. The molecular weight excluding hydrogens is 352 g/mol. The highest BCUT2D eigenvalue weighted by atomic mass is 32.2. The van der Waals surface area contributed by atoms with Gasteiger partial charge in [0.1, 0.15) is 5.69 Å². The summed E-state index contributed by atoms with van der Waals surface area (Å²) in [5.74, 6) is 2.83. The van der Waals surface area contributed by atoms with E-state index in [9.17, 15) is 8.42 Å². The summed E-state index contributed by atoms with van der Waals surface area (Å²) < 4.78 is 34.0. The fourth-order valence-electron chi connectivity index (χ4n) is 2.73. The first-order valence-electron chi connectivity index (χ1n) is 8.02. The number of aromatic nitrogens is 3. The van der Waals surface area contributed by atoms with E-state index in [4.69, 9.17) is 11.2 Å². The molecule has 132 valence electrons. The lowest BCUT2D eigenvalue weighted by Gasteiger charge is -2.12. The van der Waals surface area contributed by atoms with E-state index in [1.54, 1.807) is 29.2 Å². The second-order valence-corrected chi connectivity index (χ2v) is 8.04. The minimum absolute atomic E-state index is 0.229. The molecule has 1 fully saturated rings. The predicted molar refractivity (Wildman–Crippen MR) is 98.5 cm³/mol. The molecule has 0 amide bonds. The quantitative estimate of drug-likeness (QED) is 0.699. The molecule has 0 saturated heterocycles. The largest absolute Gasteiger partial charge is 0.480 e. The summed E-state index contributed by atoms with van der Waals surface area (Å²) >= 11 is 0. The van der Waals surface area contributed by atoms with Crippen molar-refractivity contribution in [3.63, 3.8) is 0 Å². The Kier molecular flexibility index (Phi) is 3.81. The Morgan fingerprint density at radius 2 is 2.12 bits per heavy atom. The van der Waals surface area contributed by atoms with Crippen LogP contribution in [0.1, 0.15) is 18.4 Å². The molecule has 1 N–H and O–H groups in total. The fraction of sp³-hybridized carbons (Fsp3) is 0.222. The van der Waals surface area contributed by atoms with Crippen LogP contribution in [0.5, 0.6) is 5.88 Å². The highest BCUT2D eigenvalue weighted by Crippen LogP contribution is 2.34. The highest BCUT2D eigenvalue weighted by Gasteiger charge is 2.36. The molecule has 3 aromatic rings. The van der Waals surface area contributed by atoms with Gasteiger partial charge in [0.25, 0.3) is 0 Å². The molecule has 0 unspecified atom stereocenters. The molecule has 0 bridgehead atoms. The molecule has 1 aliphatic rings. The smallest absolute Gasteiger partial charge is 0.238 e. The van der Waals surface area contributed by atoms with Gasteiger partial charge in [-0.15, -0.1) is 6.42 Å². The van der Waals surface area contributed by atoms with Crippen molar-refractivity contribution in [2.75, 3.05) is 11.8 Å². The standard InChI is InChI=1S/C18H16N4O3S/c1-3-12-11-20-22-7-6-13(9-17(12)22)14-8-16(18(25-2)19-10-14)21-26(23,24)15-4-5-15/h1,6-11,15,21H,4-5H2,2H3. The summed E-state index contributed by atoms with van der Waals surface area (Å²) in [5, 5.41) is 3.85. The van der Waals surface area contributed by atoms with Crippen LogP contribution in [0.3, 0.4) is 0 Å². The summed E-state index contributed by atoms with van der Waals surface area (Å²) in [6.07, 6.45) is 11.9. The van der Waals surface area contributed by atoms with Crippen molar-refractivity contribution in [1.82, 2.24) is 14.6 Å². The molecule has 0 radical (unpaired) electrons. The van der Waals surface area contributed by atoms with Gasteiger partial charge in [-0.1, -0.05) is 5.92 Å². The minimum atomic E-state index is -3.42. The first-order chi connectivity index (χ1) is 12.5.